The number of ether oxygens (including phenoxy) is 1. The zero-order chi connectivity index (χ0) is 18.9. The fourth-order valence-electron chi connectivity index (χ4n) is 2.69. The van der Waals surface area contributed by atoms with Crippen LogP contribution in [0.15, 0.2) is 42.5 Å². The van der Waals surface area contributed by atoms with Gasteiger partial charge in [0.15, 0.2) is 0 Å². The number of hydrogen-bond acceptors (Lipinski definition) is 2. The summed E-state index contributed by atoms with van der Waals surface area (Å²) in [6.07, 6.45) is -4.77. The molecule has 1 amide bonds. The standard InChI is InChI=1S/C18H14F4N2O2/c1-10-14(15-8-11(19)2-7-16(15)23-10)9-17(25)24-12-3-5-13(6-4-12)26-18(20,21)22/h2-8,23H,9H2,1H3,(H,24,25). The Morgan fingerprint density at radius 1 is 1.15 bits per heavy atom. The second-order valence-corrected chi connectivity index (χ2v) is 5.72. The Labute approximate surface area is 145 Å². The van der Waals surface area contributed by atoms with Crippen LogP contribution in [0, 0.1) is 12.7 Å². The molecular formula is C18H14F4N2O2. The van der Waals surface area contributed by atoms with E-state index in [1.165, 1.54) is 24.3 Å². The van der Waals surface area contributed by atoms with Crippen LogP contribution in [-0.2, 0) is 11.2 Å². The minimum absolute atomic E-state index is 0.00388. The highest BCUT2D eigenvalue weighted by Gasteiger charge is 2.30. The lowest BCUT2D eigenvalue weighted by Crippen LogP contribution is -2.17. The highest BCUT2D eigenvalue weighted by Crippen LogP contribution is 2.25. The van der Waals surface area contributed by atoms with Gasteiger partial charge in [-0.05, 0) is 55.0 Å². The second kappa shape index (κ2) is 6.70. The average Bonchev–Trinajstić information content (AvgIpc) is 2.83. The van der Waals surface area contributed by atoms with Crippen molar-refractivity contribution in [3.8, 4) is 5.75 Å². The number of carbonyl (C=O) groups excluding carboxylic acids is 1. The Balaban J connectivity index is 1.71. The van der Waals surface area contributed by atoms with Crippen LogP contribution in [0.1, 0.15) is 11.3 Å². The number of anilines is 1. The number of aromatic nitrogens is 1. The molecule has 0 aliphatic carbocycles. The lowest BCUT2D eigenvalue weighted by Gasteiger charge is -2.10. The van der Waals surface area contributed by atoms with Crippen molar-refractivity contribution in [2.45, 2.75) is 19.7 Å². The van der Waals surface area contributed by atoms with Gasteiger partial charge in [-0.15, -0.1) is 13.2 Å². The predicted octanol–water partition coefficient (Wildman–Crippen LogP) is 4.70. The van der Waals surface area contributed by atoms with Gasteiger partial charge in [0.2, 0.25) is 5.91 Å². The lowest BCUT2D eigenvalue weighted by molar-refractivity contribution is -0.274. The van der Waals surface area contributed by atoms with Gasteiger partial charge in [-0.2, -0.15) is 0 Å². The van der Waals surface area contributed by atoms with E-state index in [1.54, 1.807) is 13.0 Å². The number of benzene rings is 2. The lowest BCUT2D eigenvalue weighted by atomic mass is 10.1. The third-order valence-corrected chi connectivity index (χ3v) is 3.79. The summed E-state index contributed by atoms with van der Waals surface area (Å²) in [6, 6.07) is 9.10. The first-order valence-corrected chi connectivity index (χ1v) is 7.63. The number of aryl methyl sites for hydroxylation is 1. The molecule has 26 heavy (non-hydrogen) atoms. The summed E-state index contributed by atoms with van der Waals surface area (Å²) in [4.78, 5) is 15.3. The molecule has 0 unspecified atom stereocenters. The van der Waals surface area contributed by atoms with E-state index in [4.69, 9.17) is 0 Å². The molecule has 0 aliphatic heterocycles. The van der Waals surface area contributed by atoms with Crippen molar-refractivity contribution in [3.05, 3.63) is 59.5 Å². The quantitative estimate of drug-likeness (QED) is 0.658. The van der Waals surface area contributed by atoms with E-state index in [0.717, 1.165) is 23.3 Å². The van der Waals surface area contributed by atoms with E-state index in [1.807, 2.05) is 0 Å². The second-order valence-electron chi connectivity index (χ2n) is 5.72. The third-order valence-electron chi connectivity index (χ3n) is 3.79. The first kappa shape index (κ1) is 17.8. The topological polar surface area (TPSA) is 54.1 Å². The maximum absolute atomic E-state index is 13.5. The zero-order valence-electron chi connectivity index (χ0n) is 13.6. The molecule has 0 saturated carbocycles. The van der Waals surface area contributed by atoms with E-state index in [9.17, 15) is 22.4 Å². The molecule has 2 aromatic carbocycles. The van der Waals surface area contributed by atoms with Gasteiger partial charge in [0.25, 0.3) is 0 Å². The maximum Gasteiger partial charge on any atom is 0.573 e. The monoisotopic (exact) mass is 366 g/mol. The molecule has 136 valence electrons. The van der Waals surface area contributed by atoms with Crippen LogP contribution < -0.4 is 10.1 Å². The Morgan fingerprint density at radius 3 is 2.50 bits per heavy atom. The van der Waals surface area contributed by atoms with E-state index in [-0.39, 0.29) is 18.1 Å². The Bertz CT molecular complexity index is 946. The summed E-state index contributed by atoms with van der Waals surface area (Å²) >= 11 is 0. The molecule has 4 nitrogen and oxygen atoms in total. The molecule has 8 heteroatoms. The SMILES string of the molecule is Cc1[nH]c2ccc(F)cc2c1CC(=O)Nc1ccc(OC(F)(F)F)cc1. The van der Waals surface area contributed by atoms with Crippen molar-refractivity contribution in [2.24, 2.45) is 0 Å². The number of hydrogen-bond donors (Lipinski definition) is 2. The number of rotatable bonds is 4. The Hall–Kier alpha value is -3.03. The molecule has 3 aromatic rings. The molecule has 1 aromatic heterocycles. The molecule has 2 N–H and O–H groups in total. The minimum Gasteiger partial charge on any atom is -0.406 e. The molecule has 0 fully saturated rings. The molecule has 0 spiro atoms. The smallest absolute Gasteiger partial charge is 0.406 e. The van der Waals surface area contributed by atoms with Crippen molar-refractivity contribution in [1.82, 2.24) is 4.98 Å². The highest BCUT2D eigenvalue weighted by atomic mass is 19.4. The average molecular weight is 366 g/mol. The number of nitrogens with one attached hydrogen (secondary N) is 2. The van der Waals surface area contributed by atoms with Crippen LogP contribution in [0.3, 0.4) is 0 Å². The van der Waals surface area contributed by atoms with Crippen LogP contribution >= 0.6 is 0 Å². The summed E-state index contributed by atoms with van der Waals surface area (Å²) in [5, 5.41) is 3.21. The summed E-state index contributed by atoms with van der Waals surface area (Å²) in [6.45, 7) is 1.78. The van der Waals surface area contributed by atoms with Crippen LogP contribution in [0.5, 0.6) is 5.75 Å². The van der Waals surface area contributed by atoms with Gasteiger partial charge < -0.3 is 15.0 Å². The van der Waals surface area contributed by atoms with Gasteiger partial charge in [-0.3, -0.25) is 4.79 Å². The molecule has 1 heterocycles. The fourth-order valence-corrected chi connectivity index (χ4v) is 2.69. The van der Waals surface area contributed by atoms with Crippen molar-refractivity contribution in [2.75, 3.05) is 5.32 Å². The molecule has 0 radical (unpaired) electrons. The van der Waals surface area contributed by atoms with Crippen LogP contribution in [0.2, 0.25) is 0 Å². The summed E-state index contributed by atoms with van der Waals surface area (Å²) in [5.41, 5.74) is 2.46. The maximum atomic E-state index is 13.5. The van der Waals surface area contributed by atoms with Gasteiger partial charge in [-0.25, -0.2) is 4.39 Å². The predicted molar refractivity (Wildman–Crippen MR) is 88.5 cm³/mol. The fraction of sp³-hybridized carbons (Fsp3) is 0.167. The van der Waals surface area contributed by atoms with Crippen LogP contribution in [0.4, 0.5) is 23.2 Å². The first-order valence-electron chi connectivity index (χ1n) is 7.63. The highest BCUT2D eigenvalue weighted by molar-refractivity contribution is 5.96. The van der Waals surface area contributed by atoms with E-state index < -0.39 is 12.2 Å². The molecule has 0 bridgehead atoms. The molecule has 0 atom stereocenters. The summed E-state index contributed by atoms with van der Waals surface area (Å²) in [5.74, 6) is -1.15. The summed E-state index contributed by atoms with van der Waals surface area (Å²) < 4.78 is 53.6. The number of aromatic amines is 1. The summed E-state index contributed by atoms with van der Waals surface area (Å²) in [7, 11) is 0. The van der Waals surface area contributed by atoms with Gasteiger partial charge in [0.05, 0.1) is 6.42 Å². The molecule has 3 rings (SSSR count). The molecule has 0 aliphatic rings. The van der Waals surface area contributed by atoms with Crippen molar-refractivity contribution < 1.29 is 27.1 Å². The van der Waals surface area contributed by atoms with Gasteiger partial charge in [0.1, 0.15) is 11.6 Å². The Morgan fingerprint density at radius 2 is 1.85 bits per heavy atom. The third kappa shape index (κ3) is 4.14. The van der Waals surface area contributed by atoms with Crippen LogP contribution in [0.25, 0.3) is 10.9 Å². The number of H-pyrrole nitrogens is 1. The van der Waals surface area contributed by atoms with Crippen LogP contribution in [-0.4, -0.2) is 17.3 Å². The van der Waals surface area contributed by atoms with Crippen molar-refractivity contribution in [3.63, 3.8) is 0 Å². The number of carbonyl (C=O) groups is 1. The van der Waals surface area contributed by atoms with Gasteiger partial charge in [-0.1, -0.05) is 0 Å². The van der Waals surface area contributed by atoms with E-state index in [0.29, 0.717) is 16.6 Å². The number of fused-ring (bicyclic) bond motifs is 1. The van der Waals surface area contributed by atoms with Crippen molar-refractivity contribution >= 4 is 22.5 Å². The van der Waals surface area contributed by atoms with Gasteiger partial charge in [0, 0.05) is 22.3 Å². The largest absolute Gasteiger partial charge is 0.573 e. The minimum atomic E-state index is -4.77. The van der Waals surface area contributed by atoms with E-state index in [2.05, 4.69) is 15.0 Å². The number of alkyl halides is 3. The molecular weight excluding hydrogens is 352 g/mol. The first-order chi connectivity index (χ1) is 12.2. The van der Waals surface area contributed by atoms with E-state index >= 15 is 0 Å². The van der Waals surface area contributed by atoms with Gasteiger partial charge >= 0.3 is 6.36 Å². The Kier molecular flexibility index (Phi) is 4.58. The normalized spacial score (nSPS) is 11.6. The number of amides is 1. The number of halogens is 4. The molecule has 0 saturated heterocycles. The zero-order valence-corrected chi connectivity index (χ0v) is 13.6. The van der Waals surface area contributed by atoms with Crippen molar-refractivity contribution in [1.29, 1.82) is 0 Å².